The molecular weight excluding hydrogens is 596 g/mol. The molecule has 234 valence electrons. The third-order valence-corrected chi connectivity index (χ3v) is 9.78. The van der Waals surface area contributed by atoms with Gasteiger partial charge in [0.2, 0.25) is 11.8 Å². The molecule has 0 heterocycles. The quantitative estimate of drug-likeness (QED) is 0.212. The van der Waals surface area contributed by atoms with Crippen molar-refractivity contribution in [2.45, 2.75) is 55.6 Å². The fourth-order valence-electron chi connectivity index (χ4n) is 5.59. The highest BCUT2D eigenvalue weighted by Crippen LogP contribution is 2.26. The van der Waals surface area contributed by atoms with Gasteiger partial charge in [0, 0.05) is 24.6 Å². The zero-order chi connectivity index (χ0) is 31.8. The summed E-state index contributed by atoms with van der Waals surface area (Å²) in [7, 11) is -4.36. The van der Waals surface area contributed by atoms with Gasteiger partial charge >= 0.3 is 0 Å². The Morgan fingerprint density at radius 3 is 2.04 bits per heavy atom. The monoisotopic (exact) mass is 631 g/mol. The van der Waals surface area contributed by atoms with Gasteiger partial charge < -0.3 is 10.2 Å². The van der Waals surface area contributed by atoms with Crippen molar-refractivity contribution in [2.24, 2.45) is 0 Å². The summed E-state index contributed by atoms with van der Waals surface area (Å²) in [6.07, 6.45) is 3.75. The van der Waals surface area contributed by atoms with Gasteiger partial charge in [-0.3, -0.25) is 13.9 Å². The van der Waals surface area contributed by atoms with Crippen LogP contribution in [-0.4, -0.2) is 43.8 Å². The summed E-state index contributed by atoms with van der Waals surface area (Å²) in [5, 5.41) is 3.09. The summed E-state index contributed by atoms with van der Waals surface area (Å²) in [6.45, 7) is -0.944. The van der Waals surface area contributed by atoms with Gasteiger partial charge in [-0.05, 0) is 60.9 Å². The number of carbonyl (C=O) groups is 2. The number of nitrogens with zero attached hydrogens (tertiary/aromatic N) is 2. The summed E-state index contributed by atoms with van der Waals surface area (Å²) in [5.41, 5.74) is 1.18. The molecule has 10 heteroatoms. The molecule has 1 saturated carbocycles. The van der Waals surface area contributed by atoms with Crippen molar-refractivity contribution >= 4 is 27.5 Å². The molecule has 0 aliphatic heterocycles. The second-order valence-corrected chi connectivity index (χ2v) is 13.0. The first-order valence-corrected chi connectivity index (χ1v) is 16.4. The number of hydrogen-bond acceptors (Lipinski definition) is 4. The third-order valence-electron chi connectivity index (χ3n) is 8.00. The third kappa shape index (κ3) is 7.94. The van der Waals surface area contributed by atoms with Gasteiger partial charge in [-0.25, -0.2) is 17.2 Å². The summed E-state index contributed by atoms with van der Waals surface area (Å²) in [4.78, 5) is 29.4. The van der Waals surface area contributed by atoms with Crippen molar-refractivity contribution < 1.29 is 26.8 Å². The summed E-state index contributed by atoms with van der Waals surface area (Å²) in [6, 6.07) is 26.5. The maximum atomic E-state index is 15.0. The van der Waals surface area contributed by atoms with Gasteiger partial charge in [0.15, 0.2) is 0 Å². The lowest BCUT2D eigenvalue weighted by Gasteiger charge is -2.34. The van der Waals surface area contributed by atoms with Gasteiger partial charge in [-0.2, -0.15) is 0 Å². The van der Waals surface area contributed by atoms with Crippen LogP contribution in [0.15, 0.2) is 114 Å². The van der Waals surface area contributed by atoms with E-state index in [9.17, 15) is 22.4 Å². The Morgan fingerprint density at radius 1 is 0.800 bits per heavy atom. The largest absolute Gasteiger partial charge is 0.352 e. The van der Waals surface area contributed by atoms with E-state index in [1.807, 2.05) is 30.3 Å². The number of amides is 2. The average molecular weight is 632 g/mol. The number of halogens is 2. The predicted octanol–water partition coefficient (Wildman–Crippen LogP) is 5.86. The molecule has 1 aliphatic rings. The molecule has 4 aromatic rings. The van der Waals surface area contributed by atoms with Crippen molar-refractivity contribution in [3.05, 3.63) is 132 Å². The van der Waals surface area contributed by atoms with E-state index in [1.165, 1.54) is 23.1 Å². The minimum atomic E-state index is -4.36. The van der Waals surface area contributed by atoms with Gasteiger partial charge in [0.25, 0.3) is 10.0 Å². The Hall–Kier alpha value is -4.57. The van der Waals surface area contributed by atoms with Crippen LogP contribution in [0.4, 0.5) is 14.5 Å². The van der Waals surface area contributed by atoms with Gasteiger partial charge in [-0.1, -0.05) is 79.6 Å². The first-order chi connectivity index (χ1) is 21.7. The lowest BCUT2D eigenvalue weighted by atomic mass is 10.0. The zero-order valence-corrected chi connectivity index (χ0v) is 25.5. The van der Waals surface area contributed by atoms with Gasteiger partial charge in [0.05, 0.1) is 10.6 Å². The number of para-hydroxylation sites is 1. The number of nitrogens with one attached hydrogen (secondary N) is 1. The van der Waals surface area contributed by atoms with Crippen molar-refractivity contribution in [3.63, 3.8) is 0 Å². The molecule has 7 nitrogen and oxygen atoms in total. The lowest BCUT2D eigenvalue weighted by Crippen LogP contribution is -2.54. The molecule has 1 aliphatic carbocycles. The van der Waals surface area contributed by atoms with Crippen molar-refractivity contribution in [2.75, 3.05) is 10.8 Å². The van der Waals surface area contributed by atoms with Crippen LogP contribution in [0.3, 0.4) is 0 Å². The van der Waals surface area contributed by atoms with Crippen molar-refractivity contribution in [1.82, 2.24) is 10.2 Å². The minimum Gasteiger partial charge on any atom is -0.352 e. The topological polar surface area (TPSA) is 86.8 Å². The van der Waals surface area contributed by atoms with Crippen LogP contribution in [0.2, 0.25) is 0 Å². The van der Waals surface area contributed by atoms with E-state index in [4.69, 9.17) is 0 Å². The molecule has 0 bridgehead atoms. The van der Waals surface area contributed by atoms with Crippen LogP contribution >= 0.6 is 0 Å². The Kier molecular flexibility index (Phi) is 10.2. The highest BCUT2D eigenvalue weighted by molar-refractivity contribution is 7.92. The first-order valence-electron chi connectivity index (χ1n) is 14.9. The fourth-order valence-corrected chi connectivity index (χ4v) is 7.00. The van der Waals surface area contributed by atoms with Crippen LogP contribution in [0, 0.1) is 11.6 Å². The average Bonchev–Trinajstić information content (AvgIpc) is 3.56. The SMILES string of the molecule is O=C(NC1CCCC1)[C@@H](Cc1ccccc1)N(Cc1ccccc1F)C(=O)CN(c1ccccc1)S(=O)(=O)c1ccc(F)cc1. The molecule has 1 atom stereocenters. The molecule has 0 radical (unpaired) electrons. The van der Waals surface area contributed by atoms with E-state index in [0.717, 1.165) is 59.8 Å². The lowest BCUT2D eigenvalue weighted by molar-refractivity contribution is -0.140. The van der Waals surface area contributed by atoms with Crippen LogP contribution in [0.5, 0.6) is 0 Å². The molecular formula is C35H35F2N3O4S. The summed E-state index contributed by atoms with van der Waals surface area (Å²) < 4.78 is 57.5. The van der Waals surface area contributed by atoms with E-state index < -0.39 is 40.2 Å². The Bertz CT molecular complexity index is 1700. The van der Waals surface area contributed by atoms with Crippen molar-refractivity contribution in [3.8, 4) is 0 Å². The molecule has 1 N–H and O–H groups in total. The molecule has 0 unspecified atom stereocenters. The second-order valence-electron chi connectivity index (χ2n) is 11.1. The van der Waals surface area contributed by atoms with Gasteiger partial charge in [0.1, 0.15) is 24.2 Å². The molecule has 5 rings (SSSR count). The van der Waals surface area contributed by atoms with Crippen LogP contribution < -0.4 is 9.62 Å². The van der Waals surface area contributed by atoms with E-state index in [1.54, 1.807) is 36.4 Å². The molecule has 4 aromatic carbocycles. The molecule has 0 saturated heterocycles. The molecule has 2 amide bonds. The number of sulfonamides is 1. The predicted molar refractivity (Wildman–Crippen MR) is 169 cm³/mol. The maximum Gasteiger partial charge on any atom is 0.264 e. The highest BCUT2D eigenvalue weighted by atomic mass is 32.2. The second kappa shape index (κ2) is 14.5. The van der Waals surface area contributed by atoms with E-state index in [2.05, 4.69) is 5.32 Å². The zero-order valence-electron chi connectivity index (χ0n) is 24.7. The van der Waals surface area contributed by atoms with Crippen LogP contribution in [-0.2, 0) is 32.6 Å². The van der Waals surface area contributed by atoms with E-state index in [0.29, 0.717) is 0 Å². The standard InChI is InChI=1S/C35H35F2N3O4S/c36-28-19-21-31(22-20-28)45(43,44)40(30-16-5-2-6-17-30)25-34(41)39(24-27-13-7-10-18-32(27)37)33(23-26-11-3-1-4-12-26)35(42)38-29-14-8-9-15-29/h1-7,10-13,16-22,29,33H,8-9,14-15,23-25H2,(H,38,42)/t33-/m1/s1. The summed E-state index contributed by atoms with van der Waals surface area (Å²) in [5.74, 6) is -2.24. The van der Waals surface area contributed by atoms with Crippen LogP contribution in [0.1, 0.15) is 36.8 Å². The molecule has 1 fully saturated rings. The van der Waals surface area contributed by atoms with Crippen LogP contribution in [0.25, 0.3) is 0 Å². The molecule has 0 aromatic heterocycles. The number of benzene rings is 4. The van der Waals surface area contributed by atoms with E-state index >= 15 is 4.39 Å². The minimum absolute atomic E-state index is 0.0409. The molecule has 45 heavy (non-hydrogen) atoms. The van der Waals surface area contributed by atoms with Gasteiger partial charge in [-0.15, -0.1) is 0 Å². The number of anilines is 1. The number of carbonyl (C=O) groups excluding carboxylic acids is 2. The highest BCUT2D eigenvalue weighted by Gasteiger charge is 2.35. The maximum absolute atomic E-state index is 15.0. The van der Waals surface area contributed by atoms with E-state index in [-0.39, 0.29) is 41.1 Å². The van der Waals surface area contributed by atoms with Crippen molar-refractivity contribution in [1.29, 1.82) is 0 Å². The molecule has 0 spiro atoms. The number of rotatable bonds is 12. The Labute approximate surface area is 262 Å². The Morgan fingerprint density at radius 2 is 1.40 bits per heavy atom. The summed E-state index contributed by atoms with van der Waals surface area (Å²) >= 11 is 0. The fraction of sp³-hybridized carbons (Fsp3) is 0.257. The normalized spacial score (nSPS) is 14.1. The smallest absolute Gasteiger partial charge is 0.264 e. The number of hydrogen-bond donors (Lipinski definition) is 1. The Balaban J connectivity index is 1.56. The first kappa shape index (κ1) is 31.8.